The average Bonchev–Trinajstić information content (AvgIpc) is 3.58. The van der Waals surface area contributed by atoms with Gasteiger partial charge in [0.2, 0.25) is 0 Å². The monoisotopic (exact) mass is 664 g/mol. The van der Waals surface area contributed by atoms with Crippen LogP contribution in [0.25, 0.3) is 32.9 Å². The standard InChI is InChI=1S/C36H43F3N6O3/c1-5-25-28(38)9-8-22-14-24(48-21-46-4)15-26(29(22)25)31-30(39)32-27(17-40-31)33(41-19-35(44(2)3)10-6-11-35)43-34(42-32)47-20-36-12-7-13-45(36)18-23(37)16-36/h8-9,14-15,17,23H,5-7,10-13,16,18-21H2,1-4H3,(H,41,42,43)/t23-,36+/m1/s1. The van der Waals surface area contributed by atoms with Crippen molar-refractivity contribution in [3.05, 3.63) is 47.7 Å². The number of benzene rings is 2. The molecule has 0 spiro atoms. The number of rotatable bonds is 12. The molecule has 1 aliphatic carbocycles. The van der Waals surface area contributed by atoms with Crippen molar-refractivity contribution in [3.63, 3.8) is 0 Å². The molecule has 7 rings (SSSR count). The van der Waals surface area contributed by atoms with E-state index in [9.17, 15) is 4.39 Å². The topological polar surface area (TPSA) is 84.9 Å². The molecule has 4 aromatic rings. The van der Waals surface area contributed by atoms with Gasteiger partial charge in [-0.15, -0.1) is 0 Å². The number of nitrogens with zero attached hydrogens (tertiary/aromatic N) is 5. The second kappa shape index (κ2) is 12.9. The Kier molecular flexibility index (Phi) is 8.84. The van der Waals surface area contributed by atoms with Crippen molar-refractivity contribution in [2.24, 2.45) is 0 Å². The van der Waals surface area contributed by atoms with Crippen LogP contribution in [0.5, 0.6) is 11.8 Å². The summed E-state index contributed by atoms with van der Waals surface area (Å²) in [6.45, 7) is 3.87. The van der Waals surface area contributed by atoms with E-state index in [2.05, 4.69) is 39.2 Å². The third-order valence-electron chi connectivity index (χ3n) is 10.8. The molecule has 2 aromatic heterocycles. The fraction of sp³-hybridized carbons (Fsp3) is 0.528. The Morgan fingerprint density at radius 2 is 1.92 bits per heavy atom. The van der Waals surface area contributed by atoms with Gasteiger partial charge in [-0.3, -0.25) is 9.88 Å². The van der Waals surface area contributed by atoms with E-state index >= 15 is 8.78 Å². The SMILES string of the molecule is CCc1c(F)ccc2cc(OCOC)cc(-c3ncc4c(NCC5(N(C)C)CCC5)nc(OC[C@@]56CCCN5C[C@H](F)C6)nc4c3F)c12. The molecule has 4 heterocycles. The summed E-state index contributed by atoms with van der Waals surface area (Å²) in [5.41, 5.74) is 0.402. The molecule has 0 unspecified atom stereocenters. The van der Waals surface area contributed by atoms with Crippen molar-refractivity contribution in [2.75, 3.05) is 59.6 Å². The zero-order valence-corrected chi connectivity index (χ0v) is 28.0. The predicted octanol–water partition coefficient (Wildman–Crippen LogP) is 6.52. The summed E-state index contributed by atoms with van der Waals surface area (Å²) in [7, 11) is 5.64. The van der Waals surface area contributed by atoms with E-state index in [0.29, 0.717) is 64.8 Å². The third kappa shape index (κ3) is 5.71. The summed E-state index contributed by atoms with van der Waals surface area (Å²) in [5.74, 6) is -0.216. The van der Waals surface area contributed by atoms with Gasteiger partial charge in [0, 0.05) is 43.9 Å². The number of nitrogens with one attached hydrogen (secondary N) is 1. The van der Waals surface area contributed by atoms with Gasteiger partial charge in [0.15, 0.2) is 12.6 Å². The smallest absolute Gasteiger partial charge is 0.319 e. The molecule has 0 radical (unpaired) electrons. The summed E-state index contributed by atoms with van der Waals surface area (Å²) in [6, 6.07) is 6.52. The fourth-order valence-corrected chi connectivity index (χ4v) is 7.92. The molecule has 256 valence electrons. The van der Waals surface area contributed by atoms with E-state index in [1.165, 1.54) is 13.2 Å². The highest BCUT2D eigenvalue weighted by molar-refractivity contribution is 6.01. The highest BCUT2D eigenvalue weighted by Crippen LogP contribution is 2.42. The lowest BCUT2D eigenvalue weighted by atomic mass is 9.75. The van der Waals surface area contributed by atoms with Crippen LogP contribution in [-0.4, -0.2) is 96.2 Å². The lowest BCUT2D eigenvalue weighted by Crippen LogP contribution is -2.54. The Hall–Kier alpha value is -3.74. The maximum absolute atomic E-state index is 17.0. The maximum Gasteiger partial charge on any atom is 0.319 e. The van der Waals surface area contributed by atoms with E-state index in [-0.39, 0.29) is 42.0 Å². The van der Waals surface area contributed by atoms with Gasteiger partial charge >= 0.3 is 6.01 Å². The molecule has 3 fully saturated rings. The Labute approximate surface area is 278 Å². The van der Waals surface area contributed by atoms with Crippen molar-refractivity contribution >= 4 is 27.5 Å². The van der Waals surface area contributed by atoms with Crippen molar-refractivity contribution in [2.45, 2.75) is 69.1 Å². The number of hydrogen-bond donors (Lipinski definition) is 1. The highest BCUT2D eigenvalue weighted by Gasteiger charge is 2.49. The van der Waals surface area contributed by atoms with Gasteiger partial charge in [0.25, 0.3) is 0 Å². The molecular weight excluding hydrogens is 621 g/mol. The number of aromatic nitrogens is 3. The van der Waals surface area contributed by atoms with Crippen molar-refractivity contribution in [1.82, 2.24) is 24.8 Å². The summed E-state index contributed by atoms with van der Waals surface area (Å²) in [4.78, 5) is 18.3. The largest absolute Gasteiger partial charge is 0.468 e. The van der Waals surface area contributed by atoms with E-state index in [4.69, 9.17) is 19.2 Å². The number of methoxy groups -OCH3 is 1. The first kappa shape index (κ1) is 32.8. The number of aryl methyl sites for hydroxylation is 1. The van der Waals surface area contributed by atoms with E-state index < -0.39 is 17.5 Å². The number of fused-ring (bicyclic) bond motifs is 3. The summed E-state index contributed by atoms with van der Waals surface area (Å²) < 4.78 is 63.7. The normalized spacial score (nSPS) is 22.0. The first-order chi connectivity index (χ1) is 23.2. The molecular formula is C36H43F3N6O3. The van der Waals surface area contributed by atoms with E-state index in [0.717, 1.165) is 38.6 Å². The summed E-state index contributed by atoms with van der Waals surface area (Å²) in [5, 5.41) is 5.11. The first-order valence-corrected chi connectivity index (χ1v) is 16.8. The molecule has 2 aromatic carbocycles. The molecule has 12 heteroatoms. The molecule has 0 amide bonds. The lowest BCUT2D eigenvalue weighted by molar-refractivity contribution is 0.0512. The zero-order valence-electron chi connectivity index (χ0n) is 28.0. The minimum atomic E-state index is -0.907. The van der Waals surface area contributed by atoms with Gasteiger partial charge in [0.1, 0.15) is 41.4 Å². The van der Waals surface area contributed by atoms with Gasteiger partial charge in [0.05, 0.1) is 10.9 Å². The van der Waals surface area contributed by atoms with Crippen molar-refractivity contribution in [3.8, 4) is 23.0 Å². The number of halogens is 3. The second-order valence-electron chi connectivity index (χ2n) is 13.7. The minimum absolute atomic E-state index is 0.00615. The summed E-state index contributed by atoms with van der Waals surface area (Å²) in [6.07, 6.45) is 6.43. The quantitative estimate of drug-likeness (QED) is 0.170. The van der Waals surface area contributed by atoms with E-state index in [1.54, 1.807) is 24.4 Å². The molecule has 0 bridgehead atoms. The van der Waals surface area contributed by atoms with Crippen molar-refractivity contribution < 1.29 is 27.4 Å². The van der Waals surface area contributed by atoms with Crippen molar-refractivity contribution in [1.29, 1.82) is 0 Å². The molecule has 3 aliphatic rings. The van der Waals surface area contributed by atoms with Crippen LogP contribution in [0.3, 0.4) is 0 Å². The van der Waals surface area contributed by atoms with Crippen LogP contribution in [0.15, 0.2) is 30.5 Å². The molecule has 2 atom stereocenters. The minimum Gasteiger partial charge on any atom is -0.468 e. The number of likely N-dealkylation sites (N-methyl/N-ethyl adjacent to an activating group) is 1. The van der Waals surface area contributed by atoms with Gasteiger partial charge in [-0.05, 0) is 93.7 Å². The van der Waals surface area contributed by atoms with Gasteiger partial charge in [-0.25, -0.2) is 13.2 Å². The van der Waals surface area contributed by atoms with Crippen LogP contribution in [0.2, 0.25) is 0 Å². The third-order valence-corrected chi connectivity index (χ3v) is 10.8. The molecule has 2 saturated heterocycles. The lowest BCUT2D eigenvalue weighted by Gasteiger charge is -2.47. The highest BCUT2D eigenvalue weighted by atomic mass is 19.1. The summed E-state index contributed by atoms with van der Waals surface area (Å²) >= 11 is 0. The first-order valence-electron chi connectivity index (χ1n) is 16.8. The Bertz CT molecular complexity index is 1840. The van der Waals surface area contributed by atoms with Crippen LogP contribution in [0, 0.1) is 11.6 Å². The maximum atomic E-state index is 17.0. The molecule has 48 heavy (non-hydrogen) atoms. The second-order valence-corrected chi connectivity index (χ2v) is 13.7. The Balaban J connectivity index is 1.35. The number of anilines is 1. The van der Waals surface area contributed by atoms with Gasteiger partial charge < -0.3 is 24.4 Å². The predicted molar refractivity (Wildman–Crippen MR) is 179 cm³/mol. The van der Waals surface area contributed by atoms with Gasteiger partial charge in [-0.2, -0.15) is 9.97 Å². The molecule has 1 N–H and O–H groups in total. The van der Waals surface area contributed by atoms with Crippen LogP contribution in [-0.2, 0) is 11.2 Å². The van der Waals surface area contributed by atoms with Crippen LogP contribution >= 0.6 is 0 Å². The fourth-order valence-electron chi connectivity index (χ4n) is 7.92. The number of pyridine rings is 1. The Morgan fingerprint density at radius 1 is 1.08 bits per heavy atom. The number of hydrogen-bond acceptors (Lipinski definition) is 9. The van der Waals surface area contributed by atoms with Crippen LogP contribution in [0.4, 0.5) is 19.0 Å². The van der Waals surface area contributed by atoms with Gasteiger partial charge in [-0.1, -0.05) is 13.0 Å². The Morgan fingerprint density at radius 3 is 2.65 bits per heavy atom. The van der Waals surface area contributed by atoms with Crippen LogP contribution < -0.4 is 14.8 Å². The number of ether oxygens (including phenoxy) is 3. The molecule has 9 nitrogen and oxygen atoms in total. The molecule has 2 aliphatic heterocycles. The molecule has 1 saturated carbocycles. The van der Waals surface area contributed by atoms with Crippen LogP contribution in [0.1, 0.15) is 51.0 Å². The average molecular weight is 665 g/mol. The zero-order chi connectivity index (χ0) is 33.6. The van der Waals surface area contributed by atoms with E-state index in [1.807, 2.05) is 6.92 Å². The number of alkyl halides is 1.